The second-order valence-electron chi connectivity index (χ2n) is 3.92. The van der Waals surface area contributed by atoms with E-state index in [0.29, 0.717) is 5.69 Å². The molecule has 0 aliphatic rings. The number of unbranched alkanes of at least 4 members (excludes halogenated alkanes) is 2. The normalized spacial score (nSPS) is 9.94. The molecule has 1 aromatic rings. The van der Waals surface area contributed by atoms with Crippen molar-refractivity contribution in [3.8, 4) is 6.07 Å². The van der Waals surface area contributed by atoms with Crippen LogP contribution in [-0.2, 0) is 0 Å². The fourth-order valence-corrected chi connectivity index (χ4v) is 1.51. The first-order chi connectivity index (χ1) is 8.19. The highest BCUT2D eigenvalue weighted by Crippen LogP contribution is 2.15. The van der Waals surface area contributed by atoms with Gasteiger partial charge in [-0.05, 0) is 31.4 Å². The zero-order valence-electron chi connectivity index (χ0n) is 10.1. The van der Waals surface area contributed by atoms with Crippen molar-refractivity contribution >= 4 is 11.5 Å². The van der Waals surface area contributed by atoms with E-state index in [1.54, 1.807) is 6.07 Å². The molecule has 0 amide bonds. The second kappa shape index (κ2) is 6.71. The minimum atomic E-state index is 0.239. The zero-order valence-corrected chi connectivity index (χ0v) is 10.1. The van der Waals surface area contributed by atoms with Crippen LogP contribution in [0.25, 0.3) is 0 Å². The Hall–Kier alpha value is -1.80. The molecule has 5 nitrogen and oxygen atoms in total. The third kappa shape index (κ3) is 3.93. The van der Waals surface area contributed by atoms with Crippen LogP contribution in [0, 0.1) is 11.3 Å². The van der Waals surface area contributed by atoms with Gasteiger partial charge in [0, 0.05) is 20.2 Å². The van der Waals surface area contributed by atoms with Gasteiger partial charge in [0.25, 0.3) is 0 Å². The van der Waals surface area contributed by atoms with Crippen LogP contribution in [0.1, 0.15) is 25.0 Å². The van der Waals surface area contributed by atoms with Gasteiger partial charge in [0.15, 0.2) is 5.69 Å². The lowest BCUT2D eigenvalue weighted by Gasteiger charge is -2.18. The van der Waals surface area contributed by atoms with E-state index in [0.717, 1.165) is 31.6 Å². The third-order valence-corrected chi connectivity index (χ3v) is 2.56. The maximum atomic E-state index is 8.83. The fraction of sp³-hybridized carbons (Fsp3) is 0.500. The zero-order chi connectivity index (χ0) is 12.7. The molecule has 1 rings (SSSR count). The maximum Gasteiger partial charge on any atom is 0.165 e. The van der Waals surface area contributed by atoms with E-state index >= 15 is 0 Å². The summed E-state index contributed by atoms with van der Waals surface area (Å²) in [6, 6.07) is 5.48. The largest absolute Gasteiger partial charge is 0.396 e. The Balaban J connectivity index is 2.57. The van der Waals surface area contributed by atoms with Crippen LogP contribution in [0.15, 0.2) is 12.1 Å². The Morgan fingerprint density at radius 2 is 2.18 bits per heavy atom. The minimum absolute atomic E-state index is 0.239. The monoisotopic (exact) mass is 234 g/mol. The Bertz CT molecular complexity index is 400. The quantitative estimate of drug-likeness (QED) is 0.721. The van der Waals surface area contributed by atoms with Gasteiger partial charge in [-0.3, -0.25) is 0 Å². The van der Waals surface area contributed by atoms with Crippen molar-refractivity contribution in [1.29, 1.82) is 5.26 Å². The molecule has 0 aromatic carbocycles. The van der Waals surface area contributed by atoms with Gasteiger partial charge in [-0.25, -0.2) is 4.98 Å². The number of rotatable bonds is 6. The van der Waals surface area contributed by atoms with Crippen molar-refractivity contribution in [3.05, 3.63) is 17.8 Å². The van der Waals surface area contributed by atoms with Crippen molar-refractivity contribution in [3.63, 3.8) is 0 Å². The first-order valence-electron chi connectivity index (χ1n) is 5.67. The molecule has 0 fully saturated rings. The predicted octanol–water partition coefficient (Wildman–Crippen LogP) is 1.13. The number of aliphatic hydroxyl groups is 1. The van der Waals surface area contributed by atoms with Crippen LogP contribution in [0.5, 0.6) is 0 Å². The smallest absolute Gasteiger partial charge is 0.165 e. The van der Waals surface area contributed by atoms with E-state index in [1.165, 1.54) is 0 Å². The lowest BCUT2D eigenvalue weighted by Crippen LogP contribution is -2.20. The van der Waals surface area contributed by atoms with E-state index in [1.807, 2.05) is 24.1 Å². The highest BCUT2D eigenvalue weighted by molar-refractivity contribution is 5.55. The number of nitriles is 1. The summed E-state index contributed by atoms with van der Waals surface area (Å²) >= 11 is 0. The van der Waals surface area contributed by atoms with Crippen molar-refractivity contribution in [1.82, 2.24) is 4.98 Å². The summed E-state index contributed by atoms with van der Waals surface area (Å²) in [6.45, 7) is 1.09. The van der Waals surface area contributed by atoms with Gasteiger partial charge >= 0.3 is 0 Å². The summed E-state index contributed by atoms with van der Waals surface area (Å²) in [4.78, 5) is 6.16. The first kappa shape index (κ1) is 13.3. The molecule has 3 N–H and O–H groups in total. The number of nitrogens with two attached hydrogens (primary N) is 1. The molecule has 0 bridgehead atoms. The lowest BCUT2D eigenvalue weighted by molar-refractivity contribution is 0.283. The van der Waals surface area contributed by atoms with Gasteiger partial charge in [-0.15, -0.1) is 0 Å². The van der Waals surface area contributed by atoms with Crippen LogP contribution in [-0.4, -0.2) is 30.3 Å². The van der Waals surface area contributed by atoms with E-state index in [-0.39, 0.29) is 12.3 Å². The van der Waals surface area contributed by atoms with Gasteiger partial charge < -0.3 is 15.7 Å². The molecule has 1 aromatic heterocycles. The summed E-state index contributed by atoms with van der Waals surface area (Å²) in [5, 5.41) is 17.5. The van der Waals surface area contributed by atoms with Gasteiger partial charge in [0.05, 0.1) is 5.69 Å². The summed E-state index contributed by atoms with van der Waals surface area (Å²) < 4.78 is 0. The molecule has 0 aliphatic heterocycles. The molecule has 0 atom stereocenters. The number of hydrogen-bond donors (Lipinski definition) is 2. The fourth-order valence-electron chi connectivity index (χ4n) is 1.51. The maximum absolute atomic E-state index is 8.83. The number of aliphatic hydroxyl groups excluding tert-OH is 1. The highest BCUT2D eigenvalue weighted by atomic mass is 16.2. The standard InChI is InChI=1S/C12H18N4O/c1-16(7-3-2-4-8-17)12-6-5-10(14)11(9-13)15-12/h5-6,17H,2-4,7-8,14H2,1H3. The number of nitrogen functional groups attached to an aromatic ring is 1. The highest BCUT2D eigenvalue weighted by Gasteiger charge is 2.06. The second-order valence-corrected chi connectivity index (χ2v) is 3.92. The Morgan fingerprint density at radius 1 is 1.41 bits per heavy atom. The minimum Gasteiger partial charge on any atom is -0.396 e. The third-order valence-electron chi connectivity index (χ3n) is 2.56. The van der Waals surface area contributed by atoms with Crippen LogP contribution >= 0.6 is 0 Å². The van der Waals surface area contributed by atoms with Crippen LogP contribution in [0.2, 0.25) is 0 Å². The van der Waals surface area contributed by atoms with E-state index in [2.05, 4.69) is 4.98 Å². The summed E-state index contributed by atoms with van der Waals surface area (Å²) in [6.07, 6.45) is 2.80. The molecule has 17 heavy (non-hydrogen) atoms. The molecular formula is C12H18N4O. The molecule has 1 heterocycles. The van der Waals surface area contributed by atoms with Crippen molar-refractivity contribution in [2.75, 3.05) is 30.8 Å². The molecule has 0 aliphatic carbocycles. The van der Waals surface area contributed by atoms with Crippen LogP contribution in [0.4, 0.5) is 11.5 Å². The molecular weight excluding hydrogens is 216 g/mol. The van der Waals surface area contributed by atoms with Gasteiger partial charge in [0.2, 0.25) is 0 Å². The molecule has 0 saturated heterocycles. The van der Waals surface area contributed by atoms with E-state index < -0.39 is 0 Å². The Labute approximate surface area is 101 Å². The first-order valence-corrected chi connectivity index (χ1v) is 5.67. The lowest BCUT2D eigenvalue weighted by atomic mass is 10.2. The number of nitrogens with zero attached hydrogens (tertiary/aromatic N) is 3. The molecule has 92 valence electrons. The molecule has 0 radical (unpaired) electrons. The number of hydrogen-bond acceptors (Lipinski definition) is 5. The van der Waals surface area contributed by atoms with Gasteiger partial charge in [-0.2, -0.15) is 5.26 Å². The topological polar surface area (TPSA) is 86.2 Å². The van der Waals surface area contributed by atoms with Crippen molar-refractivity contribution in [2.45, 2.75) is 19.3 Å². The van der Waals surface area contributed by atoms with Gasteiger partial charge in [-0.1, -0.05) is 0 Å². The van der Waals surface area contributed by atoms with E-state index in [4.69, 9.17) is 16.1 Å². The molecule has 0 saturated carbocycles. The Kier molecular flexibility index (Phi) is 5.24. The average molecular weight is 234 g/mol. The number of aromatic nitrogens is 1. The molecule has 5 heteroatoms. The molecule has 0 spiro atoms. The van der Waals surface area contributed by atoms with E-state index in [9.17, 15) is 0 Å². The van der Waals surface area contributed by atoms with Crippen molar-refractivity contribution in [2.24, 2.45) is 0 Å². The SMILES string of the molecule is CN(CCCCCO)c1ccc(N)c(C#N)n1. The van der Waals surface area contributed by atoms with Gasteiger partial charge in [0.1, 0.15) is 11.9 Å². The van der Waals surface area contributed by atoms with Crippen LogP contribution in [0.3, 0.4) is 0 Å². The summed E-state index contributed by atoms with van der Waals surface area (Å²) in [5.41, 5.74) is 6.28. The Morgan fingerprint density at radius 3 is 2.82 bits per heavy atom. The number of anilines is 2. The van der Waals surface area contributed by atoms with Crippen molar-refractivity contribution < 1.29 is 5.11 Å². The van der Waals surface area contributed by atoms with Crippen LogP contribution < -0.4 is 10.6 Å². The average Bonchev–Trinajstić information content (AvgIpc) is 2.35. The summed E-state index contributed by atoms with van der Waals surface area (Å²) in [7, 11) is 1.93. The summed E-state index contributed by atoms with van der Waals surface area (Å²) in [5.74, 6) is 0.750. The molecule has 0 unspecified atom stereocenters. The predicted molar refractivity (Wildman–Crippen MR) is 67.6 cm³/mol. The number of pyridine rings is 1.